The van der Waals surface area contributed by atoms with Gasteiger partial charge in [-0.3, -0.25) is 0 Å². The molecule has 30 heavy (non-hydrogen) atoms. The van der Waals surface area contributed by atoms with Crippen molar-refractivity contribution < 1.29 is 9.90 Å². The van der Waals surface area contributed by atoms with Gasteiger partial charge < -0.3 is 20.2 Å². The van der Waals surface area contributed by atoms with E-state index in [2.05, 4.69) is 35.0 Å². The lowest BCUT2D eigenvalue weighted by molar-refractivity contribution is 0.184. The Bertz CT molecular complexity index is 679. The minimum Gasteiger partial charge on any atom is -0.508 e. The van der Waals surface area contributed by atoms with Gasteiger partial charge in [0.05, 0.1) is 0 Å². The second-order valence-corrected chi connectivity index (χ2v) is 6.84. The highest BCUT2D eigenvalue weighted by molar-refractivity contribution is 7.79. The molecule has 0 heterocycles. The second-order valence-electron chi connectivity index (χ2n) is 6.84. The summed E-state index contributed by atoms with van der Waals surface area (Å²) >= 11 is 3.53. The van der Waals surface area contributed by atoms with Gasteiger partial charge in [-0.15, -0.1) is 0 Å². The van der Waals surface area contributed by atoms with Gasteiger partial charge in [0.15, 0.2) is 0 Å². The summed E-state index contributed by atoms with van der Waals surface area (Å²) in [7, 11) is 5.86. The van der Waals surface area contributed by atoms with Crippen LogP contribution in [0, 0.1) is 0 Å². The van der Waals surface area contributed by atoms with Crippen molar-refractivity contribution in [1.82, 2.24) is 15.1 Å². The molecule has 0 fully saturated rings. The Balaban J connectivity index is 0.00000198. The lowest BCUT2D eigenvalue weighted by Crippen LogP contribution is -2.46. The van der Waals surface area contributed by atoms with E-state index in [-0.39, 0.29) is 17.8 Å². The summed E-state index contributed by atoms with van der Waals surface area (Å²) in [5, 5.41) is 12.4. The Morgan fingerprint density at radius 1 is 0.967 bits per heavy atom. The van der Waals surface area contributed by atoms with Crippen molar-refractivity contribution in [2.24, 2.45) is 0 Å². The third-order valence-electron chi connectivity index (χ3n) is 4.50. The van der Waals surface area contributed by atoms with Crippen molar-refractivity contribution in [2.75, 3.05) is 40.5 Å². The molecule has 0 saturated heterocycles. The Morgan fingerprint density at radius 3 is 2.07 bits per heavy atom. The van der Waals surface area contributed by atoms with Crippen LogP contribution in [0.15, 0.2) is 54.6 Å². The van der Waals surface area contributed by atoms with Gasteiger partial charge in [-0.05, 0) is 56.5 Å². The van der Waals surface area contributed by atoms with Crippen LogP contribution in [0.4, 0.5) is 4.79 Å². The average Bonchev–Trinajstić information content (AvgIpc) is 2.78. The van der Waals surface area contributed by atoms with Crippen LogP contribution in [-0.2, 0) is 12.8 Å². The van der Waals surface area contributed by atoms with E-state index in [0.29, 0.717) is 13.1 Å². The van der Waals surface area contributed by atoms with Crippen molar-refractivity contribution in [3.63, 3.8) is 0 Å². The number of benzene rings is 2. The molecule has 0 aliphatic heterocycles. The van der Waals surface area contributed by atoms with E-state index in [9.17, 15) is 9.90 Å². The summed E-state index contributed by atoms with van der Waals surface area (Å²) in [6.45, 7) is 5.25. The van der Waals surface area contributed by atoms with Gasteiger partial charge in [0.1, 0.15) is 5.75 Å². The number of hydrogen-bond donors (Lipinski definition) is 3. The fourth-order valence-electron chi connectivity index (χ4n) is 2.81. The summed E-state index contributed by atoms with van der Waals surface area (Å²) in [4.78, 5) is 16.2. The van der Waals surface area contributed by atoms with Crippen LogP contribution in [0.25, 0.3) is 0 Å². The van der Waals surface area contributed by atoms with Crippen LogP contribution in [-0.4, -0.2) is 67.5 Å². The zero-order valence-electron chi connectivity index (χ0n) is 19.3. The number of carbonyl (C=O) groups excluding carboxylic acids is 1. The molecule has 0 saturated carbocycles. The molecule has 2 aromatic carbocycles. The normalized spacial score (nSPS) is 10.8. The number of amides is 2. The third-order valence-corrected chi connectivity index (χ3v) is 4.50. The number of phenols is 1. The fourth-order valence-corrected chi connectivity index (χ4v) is 2.81. The minimum atomic E-state index is -0.0570. The van der Waals surface area contributed by atoms with Gasteiger partial charge in [-0.25, -0.2) is 4.79 Å². The second kappa shape index (κ2) is 16.6. The van der Waals surface area contributed by atoms with E-state index < -0.39 is 0 Å². The van der Waals surface area contributed by atoms with Crippen molar-refractivity contribution in [2.45, 2.75) is 32.7 Å². The summed E-state index contributed by atoms with van der Waals surface area (Å²) in [6.07, 6.45) is 3.33. The van der Waals surface area contributed by atoms with Crippen LogP contribution in [0.5, 0.6) is 5.75 Å². The first kappa shape index (κ1) is 27.8. The molecule has 2 amide bonds. The van der Waals surface area contributed by atoms with E-state index in [1.165, 1.54) is 5.56 Å². The highest BCUT2D eigenvalue weighted by atomic mass is 32.1. The van der Waals surface area contributed by atoms with Crippen molar-refractivity contribution >= 4 is 18.7 Å². The molecule has 2 N–H and O–H groups in total. The maximum Gasteiger partial charge on any atom is 0.317 e. The topological polar surface area (TPSA) is 55.8 Å². The maximum absolute atomic E-state index is 12.4. The standard InChI is InChI=1S/C21H29N3O2.C2H6.CH4S/c1-23(2)19(15-18-9-11-20(25)12-10-18)16-24(3)21(26)22-14-13-17-7-5-4-6-8-17;2*1-2/h4-12,19,25H,13-16H2,1-3H3,(H,22,26);1-2H3;2H,1H3. The number of likely N-dealkylation sites (N-methyl/N-ethyl adjacent to an activating group) is 2. The molecule has 6 heteroatoms. The number of thiol groups is 1. The first-order valence-electron chi connectivity index (χ1n) is 10.4. The van der Waals surface area contributed by atoms with E-state index in [1.807, 2.05) is 65.3 Å². The van der Waals surface area contributed by atoms with Gasteiger partial charge in [0, 0.05) is 26.2 Å². The lowest BCUT2D eigenvalue weighted by atomic mass is 10.0. The van der Waals surface area contributed by atoms with Crippen LogP contribution in [0.3, 0.4) is 0 Å². The van der Waals surface area contributed by atoms with Crippen LogP contribution in [0.2, 0.25) is 0 Å². The summed E-state index contributed by atoms with van der Waals surface area (Å²) < 4.78 is 0. The number of carbonyl (C=O) groups is 1. The highest BCUT2D eigenvalue weighted by Crippen LogP contribution is 2.13. The molecule has 2 aromatic rings. The monoisotopic (exact) mass is 433 g/mol. The van der Waals surface area contributed by atoms with Crippen molar-refractivity contribution in [1.29, 1.82) is 0 Å². The van der Waals surface area contributed by atoms with Crippen molar-refractivity contribution in [3.8, 4) is 5.75 Å². The SMILES string of the molecule is CC.CN(CC(Cc1ccc(O)cc1)N(C)C)C(=O)NCCc1ccccc1.CS. The van der Waals surface area contributed by atoms with Gasteiger partial charge in [0.2, 0.25) is 0 Å². The number of nitrogens with zero attached hydrogens (tertiary/aromatic N) is 2. The summed E-state index contributed by atoms with van der Waals surface area (Å²) in [5.74, 6) is 0.269. The molecule has 0 bridgehead atoms. The Labute approximate surface area is 188 Å². The Morgan fingerprint density at radius 2 is 1.53 bits per heavy atom. The molecule has 168 valence electrons. The smallest absolute Gasteiger partial charge is 0.317 e. The molecule has 0 spiro atoms. The molecule has 0 aromatic heterocycles. The molecule has 2 rings (SSSR count). The highest BCUT2D eigenvalue weighted by Gasteiger charge is 2.18. The van der Waals surface area contributed by atoms with E-state index in [0.717, 1.165) is 18.4 Å². The lowest BCUT2D eigenvalue weighted by Gasteiger charge is -2.29. The van der Waals surface area contributed by atoms with Crippen LogP contribution >= 0.6 is 12.6 Å². The number of hydrogen-bond acceptors (Lipinski definition) is 4. The quantitative estimate of drug-likeness (QED) is 0.544. The van der Waals surface area contributed by atoms with Crippen molar-refractivity contribution in [3.05, 3.63) is 65.7 Å². The van der Waals surface area contributed by atoms with Crippen LogP contribution < -0.4 is 5.32 Å². The molecular weight excluding hydrogens is 394 g/mol. The number of phenolic OH excluding ortho intramolecular Hbond substituents is 1. The van der Waals surface area contributed by atoms with E-state index in [1.54, 1.807) is 23.3 Å². The van der Waals surface area contributed by atoms with Gasteiger partial charge in [0.25, 0.3) is 0 Å². The molecular formula is C24H39N3O2S. The van der Waals surface area contributed by atoms with Gasteiger partial charge in [-0.1, -0.05) is 56.3 Å². The largest absolute Gasteiger partial charge is 0.508 e. The molecule has 0 aliphatic rings. The number of rotatable bonds is 8. The molecule has 5 nitrogen and oxygen atoms in total. The molecule has 0 radical (unpaired) electrons. The zero-order valence-corrected chi connectivity index (χ0v) is 20.2. The Hall–Kier alpha value is -2.18. The first-order valence-corrected chi connectivity index (χ1v) is 11.3. The minimum absolute atomic E-state index is 0.0570. The average molecular weight is 434 g/mol. The summed E-state index contributed by atoms with van der Waals surface area (Å²) in [5.41, 5.74) is 2.35. The zero-order chi connectivity index (χ0) is 22.9. The number of nitrogens with one attached hydrogen (secondary N) is 1. The predicted molar refractivity (Wildman–Crippen MR) is 132 cm³/mol. The first-order chi connectivity index (χ1) is 14.5. The third kappa shape index (κ3) is 11.1. The van der Waals surface area contributed by atoms with E-state index in [4.69, 9.17) is 0 Å². The molecule has 0 aliphatic carbocycles. The van der Waals surface area contributed by atoms with Crippen LogP contribution in [0.1, 0.15) is 25.0 Å². The predicted octanol–water partition coefficient (Wildman–Crippen LogP) is 4.32. The Kier molecular flexibility index (Phi) is 15.4. The van der Waals surface area contributed by atoms with Gasteiger partial charge in [-0.2, -0.15) is 12.6 Å². The number of urea groups is 1. The van der Waals surface area contributed by atoms with Gasteiger partial charge >= 0.3 is 6.03 Å². The van der Waals surface area contributed by atoms with E-state index >= 15 is 0 Å². The fraction of sp³-hybridized carbons (Fsp3) is 0.458. The molecule has 1 unspecified atom stereocenters. The summed E-state index contributed by atoms with van der Waals surface area (Å²) in [6, 6.07) is 17.5. The molecule has 1 atom stereocenters. The maximum atomic E-state index is 12.4. The number of aromatic hydroxyl groups is 1.